The van der Waals surface area contributed by atoms with Crippen LogP contribution in [0.5, 0.6) is 0 Å². The summed E-state index contributed by atoms with van der Waals surface area (Å²) in [5.74, 6) is 0.252. The van der Waals surface area contributed by atoms with Crippen molar-refractivity contribution >= 4 is 21.9 Å². The number of piperidine rings is 1. The molecular weight excluding hydrogens is 509 g/mol. The number of aromatic nitrogens is 3. The minimum absolute atomic E-state index is 0.199. The first-order valence-corrected chi connectivity index (χ1v) is 14.2. The molecule has 2 aliphatic heterocycles. The van der Waals surface area contributed by atoms with Crippen molar-refractivity contribution in [3.63, 3.8) is 0 Å². The van der Waals surface area contributed by atoms with Gasteiger partial charge in [0.2, 0.25) is 10.0 Å². The van der Waals surface area contributed by atoms with Gasteiger partial charge < -0.3 is 14.7 Å². The van der Waals surface area contributed by atoms with Crippen molar-refractivity contribution in [2.75, 3.05) is 44.8 Å². The van der Waals surface area contributed by atoms with Crippen molar-refractivity contribution in [3.05, 3.63) is 71.4 Å². The smallest absolute Gasteiger partial charge is 0.243 e. The van der Waals surface area contributed by atoms with Gasteiger partial charge in [0.05, 0.1) is 35.2 Å². The van der Waals surface area contributed by atoms with E-state index in [1.807, 2.05) is 4.90 Å². The minimum atomic E-state index is -3.79. The van der Waals surface area contributed by atoms with E-state index >= 15 is 0 Å². The van der Waals surface area contributed by atoms with Crippen LogP contribution >= 0.6 is 0 Å². The molecule has 9 nitrogen and oxygen atoms in total. The summed E-state index contributed by atoms with van der Waals surface area (Å²) in [4.78, 5) is 6.46. The molecule has 2 atom stereocenters. The fourth-order valence-corrected chi connectivity index (χ4v) is 7.46. The highest BCUT2D eigenvalue weighted by molar-refractivity contribution is 7.89. The Morgan fingerprint density at radius 2 is 2.03 bits per heavy atom. The number of sulfonamides is 1. The maximum atomic E-state index is 13.8. The van der Waals surface area contributed by atoms with Crippen LogP contribution in [0.2, 0.25) is 0 Å². The van der Waals surface area contributed by atoms with Crippen molar-refractivity contribution in [3.8, 4) is 5.69 Å². The average Bonchev–Trinajstić information content (AvgIpc) is 3.53. The van der Waals surface area contributed by atoms with E-state index in [-0.39, 0.29) is 17.3 Å². The highest BCUT2D eigenvalue weighted by atomic mass is 32.2. The second kappa shape index (κ2) is 9.57. The van der Waals surface area contributed by atoms with Gasteiger partial charge in [-0.25, -0.2) is 22.5 Å². The summed E-state index contributed by atoms with van der Waals surface area (Å²) in [5, 5.41) is 14.5. The topological polar surface area (TPSA) is 101 Å². The van der Waals surface area contributed by atoms with E-state index in [4.69, 9.17) is 4.74 Å². The Hall–Kier alpha value is -3.12. The second-order valence-corrected chi connectivity index (χ2v) is 12.3. The van der Waals surface area contributed by atoms with Crippen molar-refractivity contribution in [2.24, 2.45) is 5.41 Å². The van der Waals surface area contributed by atoms with Crippen LogP contribution in [0.4, 0.5) is 10.2 Å². The first-order chi connectivity index (χ1) is 18.3. The molecule has 0 amide bonds. The summed E-state index contributed by atoms with van der Waals surface area (Å²) in [6, 6.07) is 9.35. The normalized spacial score (nSPS) is 23.7. The van der Waals surface area contributed by atoms with E-state index in [0.29, 0.717) is 51.3 Å². The Kier molecular flexibility index (Phi) is 6.34. The summed E-state index contributed by atoms with van der Waals surface area (Å²) >= 11 is 0. The first-order valence-electron chi connectivity index (χ1n) is 12.7. The lowest BCUT2D eigenvalue weighted by Crippen LogP contribution is -2.51. The van der Waals surface area contributed by atoms with E-state index in [1.165, 1.54) is 24.4 Å². The first kappa shape index (κ1) is 25.2. The highest BCUT2D eigenvalue weighted by Gasteiger charge is 2.46. The number of hydrogen-bond donors (Lipinski definition) is 1. The number of methoxy groups -OCH3 is 1. The molecule has 200 valence electrons. The maximum absolute atomic E-state index is 13.8. The van der Waals surface area contributed by atoms with Gasteiger partial charge in [-0.1, -0.05) is 5.57 Å². The monoisotopic (exact) mass is 539 g/mol. The number of fused-ring (bicyclic) bond motifs is 2. The number of halogens is 1. The summed E-state index contributed by atoms with van der Waals surface area (Å²) in [6.07, 6.45) is 6.78. The highest BCUT2D eigenvalue weighted by Crippen LogP contribution is 2.45. The second-order valence-electron chi connectivity index (χ2n) is 10.3. The summed E-state index contributed by atoms with van der Waals surface area (Å²) in [5.41, 5.74) is 3.30. The predicted molar refractivity (Wildman–Crippen MR) is 140 cm³/mol. The summed E-state index contributed by atoms with van der Waals surface area (Å²) < 4.78 is 50.1. The molecule has 2 fully saturated rings. The molecule has 1 N–H and O–H groups in total. The zero-order valence-electron chi connectivity index (χ0n) is 21.1. The number of ether oxygens (including phenoxy) is 1. The fourth-order valence-electron chi connectivity index (χ4n) is 5.93. The van der Waals surface area contributed by atoms with Crippen LogP contribution in [0.25, 0.3) is 11.8 Å². The third-order valence-electron chi connectivity index (χ3n) is 7.85. The Labute approximate surface area is 221 Å². The number of anilines is 1. The molecule has 3 aromatic rings. The molecule has 4 heterocycles. The molecule has 6 rings (SSSR count). The van der Waals surface area contributed by atoms with Gasteiger partial charge in [0.15, 0.2) is 0 Å². The van der Waals surface area contributed by atoms with Gasteiger partial charge in [-0.15, -0.1) is 0 Å². The standard InChI is InChI=1S/C27H30FN5O4S/c1-37-18-27-14-19-15-30-33(22-4-2-21(28)3-5-22)25(19)12-20(27)7-11-32(17-27)38(35,36)24-6-9-29-26(13-24)31-10-8-23(34)16-31/h2-6,9,12-13,15,23,34H,7-8,10-11,14,16-18H2,1H3/t23-,27-/m1/s1. The quantitative estimate of drug-likeness (QED) is 0.514. The number of aliphatic hydroxyl groups excluding tert-OH is 1. The van der Waals surface area contributed by atoms with Crippen molar-refractivity contribution < 1.29 is 22.7 Å². The number of rotatable bonds is 6. The molecule has 11 heteroatoms. The van der Waals surface area contributed by atoms with Crippen LogP contribution in [0.3, 0.4) is 0 Å². The van der Waals surface area contributed by atoms with Gasteiger partial charge in [0.25, 0.3) is 0 Å². The van der Waals surface area contributed by atoms with E-state index in [0.717, 1.165) is 22.5 Å². The van der Waals surface area contributed by atoms with Crippen LogP contribution in [0.15, 0.2) is 59.3 Å². The lowest BCUT2D eigenvalue weighted by atomic mass is 9.69. The lowest BCUT2D eigenvalue weighted by Gasteiger charge is -2.45. The number of hydrogen-bond acceptors (Lipinski definition) is 7. The van der Waals surface area contributed by atoms with Crippen LogP contribution in [0.1, 0.15) is 24.1 Å². The van der Waals surface area contributed by atoms with Gasteiger partial charge >= 0.3 is 0 Å². The molecule has 2 saturated heterocycles. The van der Waals surface area contributed by atoms with E-state index in [1.54, 1.807) is 40.5 Å². The van der Waals surface area contributed by atoms with Crippen molar-refractivity contribution in [2.45, 2.75) is 30.3 Å². The van der Waals surface area contributed by atoms with E-state index in [2.05, 4.69) is 16.2 Å². The fraction of sp³-hybridized carbons (Fsp3) is 0.407. The largest absolute Gasteiger partial charge is 0.391 e. The predicted octanol–water partition coefficient (Wildman–Crippen LogP) is 2.64. The molecular formula is C27H30FN5O4S. The van der Waals surface area contributed by atoms with Gasteiger partial charge in [0, 0.05) is 51.0 Å². The van der Waals surface area contributed by atoms with Crippen LogP contribution in [0, 0.1) is 11.2 Å². The van der Waals surface area contributed by atoms with Crippen LogP contribution in [-0.2, 0) is 21.2 Å². The molecule has 0 bridgehead atoms. The zero-order chi connectivity index (χ0) is 26.5. The third-order valence-corrected chi connectivity index (χ3v) is 9.69. The van der Waals surface area contributed by atoms with Gasteiger partial charge in [0.1, 0.15) is 11.6 Å². The summed E-state index contributed by atoms with van der Waals surface area (Å²) in [7, 11) is -2.15. The Morgan fingerprint density at radius 1 is 1.21 bits per heavy atom. The molecule has 1 aromatic carbocycles. The van der Waals surface area contributed by atoms with Gasteiger partial charge in [-0.2, -0.15) is 9.40 Å². The van der Waals surface area contributed by atoms with E-state index < -0.39 is 21.5 Å². The minimum Gasteiger partial charge on any atom is -0.391 e. The maximum Gasteiger partial charge on any atom is 0.243 e. The Morgan fingerprint density at radius 3 is 2.76 bits per heavy atom. The molecule has 0 radical (unpaired) electrons. The Balaban J connectivity index is 1.30. The Bertz CT molecular complexity index is 1490. The molecule has 0 spiro atoms. The van der Waals surface area contributed by atoms with E-state index in [9.17, 15) is 17.9 Å². The molecule has 1 aliphatic carbocycles. The number of β-amino-alcohol motifs (C(OH)–C–C–N with tert-alkyl or cyclic N) is 1. The molecule has 3 aliphatic rings. The number of aliphatic hydroxyl groups is 1. The summed E-state index contributed by atoms with van der Waals surface area (Å²) in [6.45, 7) is 2.09. The molecule has 0 unspecified atom stereocenters. The third kappa shape index (κ3) is 4.33. The molecule has 38 heavy (non-hydrogen) atoms. The van der Waals surface area contributed by atoms with Crippen molar-refractivity contribution in [1.29, 1.82) is 0 Å². The molecule has 0 saturated carbocycles. The number of nitrogens with zero attached hydrogens (tertiary/aromatic N) is 5. The number of benzene rings is 1. The van der Waals surface area contributed by atoms with Gasteiger partial charge in [-0.05, 0) is 61.2 Å². The average molecular weight is 540 g/mol. The van der Waals surface area contributed by atoms with Crippen molar-refractivity contribution in [1.82, 2.24) is 19.1 Å². The number of pyridine rings is 1. The van der Waals surface area contributed by atoms with Gasteiger partial charge in [-0.3, -0.25) is 0 Å². The SMILES string of the molecule is COC[C@]12Cc3cnn(-c4ccc(F)cc4)c3C=C1CCN(S(=O)(=O)c1ccnc(N3CC[C@@H](O)C3)c1)C2. The van der Waals surface area contributed by atoms with Crippen LogP contribution < -0.4 is 4.90 Å². The van der Waals surface area contributed by atoms with Crippen LogP contribution in [-0.4, -0.2) is 78.6 Å². The lowest BCUT2D eigenvalue weighted by molar-refractivity contribution is 0.0733. The zero-order valence-corrected chi connectivity index (χ0v) is 21.9. The molecule has 2 aromatic heterocycles.